The Morgan fingerprint density at radius 3 is 2.72 bits per heavy atom. The quantitative estimate of drug-likeness (QED) is 0.292. The molecule has 1 aliphatic carbocycles. The highest BCUT2D eigenvalue weighted by atomic mass is 16.5. The van der Waals surface area contributed by atoms with Crippen LogP contribution in [0.3, 0.4) is 0 Å². The summed E-state index contributed by atoms with van der Waals surface area (Å²) in [6, 6.07) is 8.31. The van der Waals surface area contributed by atoms with Gasteiger partial charge in [-0.1, -0.05) is 25.0 Å². The number of nitrogens with zero attached hydrogens (tertiary/aromatic N) is 2. The third kappa shape index (κ3) is 8.26. The number of guanidine groups is 1. The molecule has 0 amide bonds. The molecule has 1 saturated heterocycles. The summed E-state index contributed by atoms with van der Waals surface area (Å²) < 4.78 is 17.0. The molecule has 2 aliphatic rings. The van der Waals surface area contributed by atoms with E-state index in [2.05, 4.69) is 45.6 Å². The smallest absolute Gasteiger partial charge is 0.191 e. The van der Waals surface area contributed by atoms with Gasteiger partial charge in [-0.15, -0.1) is 0 Å². The van der Waals surface area contributed by atoms with Crippen LogP contribution < -0.4 is 15.4 Å². The van der Waals surface area contributed by atoms with Crippen LogP contribution in [0.4, 0.5) is 0 Å². The minimum Gasteiger partial charge on any atom is -0.492 e. The van der Waals surface area contributed by atoms with Gasteiger partial charge in [0.25, 0.3) is 0 Å². The molecule has 0 bridgehead atoms. The Balaban J connectivity index is 1.41. The summed E-state index contributed by atoms with van der Waals surface area (Å²) in [6.45, 7) is 10.6. The molecule has 7 nitrogen and oxygen atoms in total. The fraction of sp³-hybridized carbons (Fsp3) is 0.720. The Bertz CT molecular complexity index is 686. The van der Waals surface area contributed by atoms with Crippen LogP contribution in [0, 0.1) is 5.41 Å². The number of nitrogens with one attached hydrogen (secondary N) is 2. The van der Waals surface area contributed by atoms with Crippen LogP contribution in [-0.4, -0.2) is 77.1 Å². The minimum atomic E-state index is 0.334. The molecule has 1 aliphatic heterocycles. The number of aliphatic imine (C=N–C) groups is 1. The summed E-state index contributed by atoms with van der Waals surface area (Å²) in [7, 11) is 1.84. The van der Waals surface area contributed by atoms with Crippen molar-refractivity contribution in [3.05, 3.63) is 29.8 Å². The van der Waals surface area contributed by atoms with E-state index in [1.54, 1.807) is 0 Å². The molecular weight excluding hydrogens is 404 g/mol. The van der Waals surface area contributed by atoms with E-state index in [0.29, 0.717) is 18.6 Å². The standard InChI is InChI=1S/C25H42N4O3/c1-3-30-15-11-25(9-4-5-10-25)21-28-24(26-2)27-20-22-7-6-8-23(19-22)32-18-14-29-12-16-31-17-13-29/h6-8,19H,3-5,9-18,20-21H2,1-2H3,(H2,26,27,28). The Morgan fingerprint density at radius 2 is 1.97 bits per heavy atom. The van der Waals surface area contributed by atoms with Crippen molar-refractivity contribution in [3.63, 3.8) is 0 Å². The van der Waals surface area contributed by atoms with Crippen molar-refractivity contribution in [2.75, 3.05) is 66.3 Å². The van der Waals surface area contributed by atoms with Gasteiger partial charge in [0.05, 0.1) is 13.2 Å². The van der Waals surface area contributed by atoms with Gasteiger partial charge in [-0.2, -0.15) is 0 Å². The Hall–Kier alpha value is -1.83. The van der Waals surface area contributed by atoms with Gasteiger partial charge in [-0.25, -0.2) is 0 Å². The van der Waals surface area contributed by atoms with Crippen molar-refractivity contribution in [2.45, 2.75) is 45.6 Å². The molecule has 2 fully saturated rings. The van der Waals surface area contributed by atoms with E-state index in [9.17, 15) is 0 Å². The first-order valence-corrected chi connectivity index (χ1v) is 12.3. The van der Waals surface area contributed by atoms with Crippen molar-refractivity contribution < 1.29 is 14.2 Å². The lowest BCUT2D eigenvalue weighted by molar-refractivity contribution is 0.0322. The number of morpholine rings is 1. The second-order valence-electron chi connectivity index (χ2n) is 8.88. The zero-order valence-electron chi connectivity index (χ0n) is 20.0. The first-order valence-electron chi connectivity index (χ1n) is 12.3. The topological polar surface area (TPSA) is 67.3 Å². The fourth-order valence-electron chi connectivity index (χ4n) is 4.61. The number of ether oxygens (including phenoxy) is 3. The van der Waals surface area contributed by atoms with Crippen molar-refractivity contribution >= 4 is 5.96 Å². The van der Waals surface area contributed by atoms with E-state index in [4.69, 9.17) is 14.2 Å². The molecule has 0 unspecified atom stereocenters. The van der Waals surface area contributed by atoms with Gasteiger partial charge in [0.2, 0.25) is 0 Å². The van der Waals surface area contributed by atoms with Gasteiger partial charge < -0.3 is 24.8 Å². The van der Waals surface area contributed by atoms with Gasteiger partial charge in [0.15, 0.2) is 5.96 Å². The maximum atomic E-state index is 5.99. The lowest BCUT2D eigenvalue weighted by Gasteiger charge is -2.30. The Kier molecular flexibility index (Phi) is 10.6. The van der Waals surface area contributed by atoms with Crippen LogP contribution in [0.2, 0.25) is 0 Å². The molecule has 1 aromatic rings. The lowest BCUT2D eigenvalue weighted by Crippen LogP contribution is -2.43. The lowest BCUT2D eigenvalue weighted by atomic mass is 9.83. The second-order valence-corrected chi connectivity index (χ2v) is 8.88. The SMILES string of the molecule is CCOCCC1(CNC(=NC)NCc2cccc(OCCN3CCOCC3)c2)CCCC1. The third-order valence-electron chi connectivity index (χ3n) is 6.64. The van der Waals surface area contributed by atoms with Crippen LogP contribution >= 0.6 is 0 Å². The highest BCUT2D eigenvalue weighted by Crippen LogP contribution is 2.40. The van der Waals surface area contributed by atoms with Crippen LogP contribution in [0.25, 0.3) is 0 Å². The zero-order valence-corrected chi connectivity index (χ0v) is 20.0. The predicted molar refractivity (Wildman–Crippen MR) is 129 cm³/mol. The van der Waals surface area contributed by atoms with Crippen molar-refractivity contribution in [3.8, 4) is 5.75 Å². The van der Waals surface area contributed by atoms with Crippen molar-refractivity contribution in [1.29, 1.82) is 0 Å². The molecule has 0 atom stereocenters. The fourth-order valence-corrected chi connectivity index (χ4v) is 4.61. The van der Waals surface area contributed by atoms with E-state index in [1.807, 2.05) is 13.1 Å². The predicted octanol–water partition coefficient (Wildman–Crippen LogP) is 3.05. The van der Waals surface area contributed by atoms with Crippen LogP contribution in [-0.2, 0) is 16.0 Å². The molecule has 0 aromatic heterocycles. The number of benzene rings is 1. The van der Waals surface area contributed by atoms with Crippen LogP contribution in [0.5, 0.6) is 5.75 Å². The van der Waals surface area contributed by atoms with Crippen molar-refractivity contribution in [1.82, 2.24) is 15.5 Å². The van der Waals surface area contributed by atoms with E-state index < -0.39 is 0 Å². The molecule has 3 rings (SSSR count). The average molecular weight is 447 g/mol. The number of hydrogen-bond acceptors (Lipinski definition) is 5. The third-order valence-corrected chi connectivity index (χ3v) is 6.64. The van der Waals surface area contributed by atoms with Gasteiger partial charge in [-0.05, 0) is 49.3 Å². The molecule has 2 N–H and O–H groups in total. The largest absolute Gasteiger partial charge is 0.492 e. The number of hydrogen-bond donors (Lipinski definition) is 2. The second kappa shape index (κ2) is 13.7. The number of rotatable bonds is 12. The monoisotopic (exact) mass is 446 g/mol. The first kappa shape index (κ1) is 24.8. The molecular formula is C25H42N4O3. The van der Waals surface area contributed by atoms with Crippen LogP contribution in [0.1, 0.15) is 44.6 Å². The summed E-state index contributed by atoms with van der Waals surface area (Å²) in [5.74, 6) is 1.77. The first-order chi connectivity index (χ1) is 15.7. The summed E-state index contributed by atoms with van der Waals surface area (Å²) in [5, 5.41) is 7.03. The molecule has 0 spiro atoms. The van der Waals surface area contributed by atoms with E-state index in [-0.39, 0.29) is 0 Å². The maximum Gasteiger partial charge on any atom is 0.191 e. The highest BCUT2D eigenvalue weighted by molar-refractivity contribution is 5.79. The zero-order chi connectivity index (χ0) is 22.5. The summed E-state index contributed by atoms with van der Waals surface area (Å²) in [6.07, 6.45) is 6.30. The molecule has 1 aromatic carbocycles. The van der Waals surface area contributed by atoms with E-state index >= 15 is 0 Å². The Morgan fingerprint density at radius 1 is 1.16 bits per heavy atom. The summed E-state index contributed by atoms with van der Waals surface area (Å²) >= 11 is 0. The average Bonchev–Trinajstić information content (AvgIpc) is 3.29. The van der Waals surface area contributed by atoms with E-state index in [0.717, 1.165) is 70.7 Å². The van der Waals surface area contributed by atoms with Gasteiger partial charge >= 0.3 is 0 Å². The van der Waals surface area contributed by atoms with E-state index in [1.165, 1.54) is 31.2 Å². The molecule has 32 heavy (non-hydrogen) atoms. The Labute approximate surface area is 193 Å². The summed E-state index contributed by atoms with van der Waals surface area (Å²) in [5.41, 5.74) is 1.52. The van der Waals surface area contributed by atoms with Gasteiger partial charge in [-0.3, -0.25) is 9.89 Å². The van der Waals surface area contributed by atoms with Crippen molar-refractivity contribution in [2.24, 2.45) is 10.4 Å². The van der Waals surface area contributed by atoms with Gasteiger partial charge in [0, 0.05) is 53.0 Å². The molecule has 180 valence electrons. The van der Waals surface area contributed by atoms with Crippen LogP contribution in [0.15, 0.2) is 29.3 Å². The normalized spacial score (nSPS) is 19.1. The van der Waals surface area contributed by atoms with Gasteiger partial charge in [0.1, 0.15) is 12.4 Å². The maximum absolute atomic E-state index is 5.99. The molecule has 1 heterocycles. The molecule has 0 radical (unpaired) electrons. The highest BCUT2D eigenvalue weighted by Gasteiger charge is 2.33. The minimum absolute atomic E-state index is 0.334. The molecule has 7 heteroatoms. The summed E-state index contributed by atoms with van der Waals surface area (Å²) in [4.78, 5) is 6.82. The molecule has 1 saturated carbocycles.